The number of benzene rings is 1. The van der Waals surface area contributed by atoms with Crippen molar-refractivity contribution < 1.29 is 17.6 Å². The zero-order valence-corrected chi connectivity index (χ0v) is 11.6. The lowest BCUT2D eigenvalue weighted by Gasteiger charge is -2.10. The van der Waals surface area contributed by atoms with E-state index in [-0.39, 0.29) is 11.7 Å². The van der Waals surface area contributed by atoms with Gasteiger partial charge in [0.15, 0.2) is 5.69 Å². The van der Waals surface area contributed by atoms with Crippen LogP contribution in [0.25, 0.3) is 5.69 Å². The molecule has 1 heterocycles. The van der Waals surface area contributed by atoms with E-state index in [1.54, 1.807) is 6.07 Å². The Hall–Kier alpha value is -1.89. The summed E-state index contributed by atoms with van der Waals surface area (Å²) in [5, 5.41) is 6.49. The molecule has 0 aliphatic heterocycles. The molecule has 0 atom stereocenters. The predicted molar refractivity (Wildman–Crippen MR) is 70.5 cm³/mol. The first-order chi connectivity index (χ1) is 9.77. The first-order valence-electron chi connectivity index (χ1n) is 6.42. The van der Waals surface area contributed by atoms with E-state index in [4.69, 9.17) is 0 Å². The van der Waals surface area contributed by atoms with Gasteiger partial charge in [-0.25, -0.2) is 9.07 Å². The van der Waals surface area contributed by atoms with Gasteiger partial charge in [-0.1, -0.05) is 19.9 Å². The first-order valence-corrected chi connectivity index (χ1v) is 6.42. The highest BCUT2D eigenvalue weighted by Crippen LogP contribution is 2.28. The summed E-state index contributed by atoms with van der Waals surface area (Å²) in [6.07, 6.45) is -3.45. The number of hydrogen-bond acceptors (Lipinski definition) is 2. The Kier molecular flexibility index (Phi) is 4.32. The summed E-state index contributed by atoms with van der Waals surface area (Å²) >= 11 is 0. The summed E-state index contributed by atoms with van der Waals surface area (Å²) < 4.78 is 52.3. The molecular formula is C14H15F4N3. The second-order valence-corrected chi connectivity index (χ2v) is 4.96. The van der Waals surface area contributed by atoms with Gasteiger partial charge >= 0.3 is 6.18 Å². The Morgan fingerprint density at radius 3 is 2.48 bits per heavy atom. The van der Waals surface area contributed by atoms with Crippen molar-refractivity contribution in [3.05, 3.63) is 47.5 Å². The van der Waals surface area contributed by atoms with E-state index < -0.39 is 17.7 Å². The van der Waals surface area contributed by atoms with Crippen LogP contribution in [0.15, 0.2) is 30.5 Å². The number of nitrogens with zero attached hydrogens (tertiary/aromatic N) is 2. The topological polar surface area (TPSA) is 29.9 Å². The van der Waals surface area contributed by atoms with Crippen LogP contribution in [0.4, 0.5) is 17.6 Å². The molecule has 0 fully saturated rings. The van der Waals surface area contributed by atoms with E-state index in [2.05, 4.69) is 10.4 Å². The summed E-state index contributed by atoms with van der Waals surface area (Å²) in [6.45, 7) is 4.42. The van der Waals surface area contributed by atoms with E-state index in [0.29, 0.717) is 12.1 Å². The number of hydrogen-bond donors (Lipinski definition) is 1. The lowest BCUT2D eigenvalue weighted by atomic mass is 10.2. The number of alkyl halides is 3. The highest BCUT2D eigenvalue weighted by atomic mass is 19.4. The largest absolute Gasteiger partial charge is 0.435 e. The van der Waals surface area contributed by atoms with Gasteiger partial charge in [-0.2, -0.15) is 18.3 Å². The lowest BCUT2D eigenvalue weighted by Crippen LogP contribution is -2.21. The van der Waals surface area contributed by atoms with Crippen LogP contribution in [0.1, 0.15) is 25.1 Å². The average Bonchev–Trinajstić information content (AvgIpc) is 2.85. The van der Waals surface area contributed by atoms with Gasteiger partial charge in [0.1, 0.15) is 11.5 Å². The van der Waals surface area contributed by atoms with Gasteiger partial charge < -0.3 is 5.32 Å². The normalized spacial score (nSPS) is 12.1. The van der Waals surface area contributed by atoms with Gasteiger partial charge in [0.2, 0.25) is 0 Å². The Morgan fingerprint density at radius 1 is 1.24 bits per heavy atom. The number of aromatic nitrogens is 2. The molecule has 0 unspecified atom stereocenters. The minimum atomic E-state index is -4.54. The van der Waals surface area contributed by atoms with Crippen molar-refractivity contribution in [2.45, 2.75) is 32.6 Å². The summed E-state index contributed by atoms with van der Waals surface area (Å²) in [4.78, 5) is 0. The van der Waals surface area contributed by atoms with Crippen molar-refractivity contribution in [2.75, 3.05) is 0 Å². The van der Waals surface area contributed by atoms with Gasteiger partial charge in [-0.15, -0.1) is 0 Å². The monoisotopic (exact) mass is 301 g/mol. The molecule has 0 bridgehead atoms. The maximum atomic E-state index is 14.0. The minimum absolute atomic E-state index is 0.0150. The van der Waals surface area contributed by atoms with E-state index in [1.807, 2.05) is 13.8 Å². The van der Waals surface area contributed by atoms with E-state index in [9.17, 15) is 17.6 Å². The molecule has 0 aliphatic carbocycles. The maximum absolute atomic E-state index is 14.0. The minimum Gasteiger partial charge on any atom is -0.310 e. The first kappa shape index (κ1) is 15.5. The molecule has 0 spiro atoms. The molecule has 3 nitrogen and oxygen atoms in total. The molecule has 0 aliphatic rings. The zero-order valence-electron chi connectivity index (χ0n) is 11.6. The van der Waals surface area contributed by atoms with Crippen LogP contribution in [-0.2, 0) is 12.7 Å². The van der Waals surface area contributed by atoms with Crippen LogP contribution in [0, 0.1) is 5.82 Å². The molecule has 0 saturated carbocycles. The molecule has 0 saturated heterocycles. The molecule has 2 aromatic rings. The molecule has 1 N–H and O–H groups in total. The molecule has 0 amide bonds. The highest BCUT2D eigenvalue weighted by molar-refractivity contribution is 5.36. The SMILES string of the molecule is CC(C)NCc1ccc(-n2ccc(C(F)(F)F)n2)c(F)c1. The highest BCUT2D eigenvalue weighted by Gasteiger charge is 2.33. The summed E-state index contributed by atoms with van der Waals surface area (Å²) in [7, 11) is 0. The fraction of sp³-hybridized carbons (Fsp3) is 0.357. The van der Waals surface area contributed by atoms with Crippen LogP contribution in [-0.4, -0.2) is 15.8 Å². The third kappa shape index (κ3) is 3.81. The second kappa shape index (κ2) is 5.85. The molecular weight excluding hydrogens is 286 g/mol. The molecule has 114 valence electrons. The van der Waals surface area contributed by atoms with E-state index in [0.717, 1.165) is 16.9 Å². The van der Waals surface area contributed by atoms with E-state index >= 15 is 0 Å². The van der Waals surface area contributed by atoms with Crippen molar-refractivity contribution in [1.82, 2.24) is 15.1 Å². The van der Waals surface area contributed by atoms with Crippen molar-refractivity contribution in [3.8, 4) is 5.69 Å². The molecule has 7 heteroatoms. The van der Waals surface area contributed by atoms with Gasteiger partial charge in [0.05, 0.1) is 0 Å². The smallest absolute Gasteiger partial charge is 0.310 e. The van der Waals surface area contributed by atoms with Crippen molar-refractivity contribution in [2.24, 2.45) is 0 Å². The Labute approximate surface area is 119 Å². The Bertz CT molecular complexity index is 617. The van der Waals surface area contributed by atoms with E-state index in [1.165, 1.54) is 12.1 Å². The fourth-order valence-electron chi connectivity index (χ4n) is 1.78. The standard InChI is InChI=1S/C14H15F4N3/c1-9(2)19-8-10-3-4-12(11(15)7-10)21-6-5-13(20-21)14(16,17)18/h3-7,9,19H,8H2,1-2H3. The molecule has 1 aromatic carbocycles. The maximum Gasteiger partial charge on any atom is 0.435 e. The van der Waals surface area contributed by atoms with Crippen LogP contribution in [0.5, 0.6) is 0 Å². The quantitative estimate of drug-likeness (QED) is 0.876. The lowest BCUT2D eigenvalue weighted by molar-refractivity contribution is -0.141. The predicted octanol–water partition coefficient (Wildman–Crippen LogP) is 3.53. The van der Waals surface area contributed by atoms with Gasteiger partial charge in [-0.05, 0) is 23.8 Å². The third-order valence-corrected chi connectivity index (χ3v) is 2.85. The van der Waals surface area contributed by atoms with Crippen LogP contribution < -0.4 is 5.32 Å². The molecule has 2 rings (SSSR count). The van der Waals surface area contributed by atoms with Crippen molar-refractivity contribution in [1.29, 1.82) is 0 Å². The van der Waals surface area contributed by atoms with Crippen LogP contribution in [0.3, 0.4) is 0 Å². The van der Waals surface area contributed by atoms with Crippen molar-refractivity contribution in [3.63, 3.8) is 0 Å². The Balaban J connectivity index is 2.23. The van der Waals surface area contributed by atoms with Crippen LogP contribution in [0.2, 0.25) is 0 Å². The Morgan fingerprint density at radius 2 is 1.95 bits per heavy atom. The second-order valence-electron chi connectivity index (χ2n) is 4.96. The average molecular weight is 301 g/mol. The summed E-state index contributed by atoms with van der Waals surface area (Å²) in [5.74, 6) is -0.616. The van der Waals surface area contributed by atoms with Crippen LogP contribution >= 0.6 is 0 Å². The number of halogens is 4. The summed E-state index contributed by atoms with van der Waals surface area (Å²) in [5.41, 5.74) is -0.348. The van der Waals surface area contributed by atoms with Gasteiger partial charge in [0.25, 0.3) is 0 Å². The van der Waals surface area contributed by atoms with Gasteiger partial charge in [-0.3, -0.25) is 0 Å². The molecule has 21 heavy (non-hydrogen) atoms. The summed E-state index contributed by atoms with van der Waals surface area (Å²) in [6, 6.07) is 5.43. The van der Waals surface area contributed by atoms with Gasteiger partial charge in [0, 0.05) is 18.8 Å². The zero-order chi connectivity index (χ0) is 15.6. The fourth-order valence-corrected chi connectivity index (χ4v) is 1.78. The molecule has 0 radical (unpaired) electrons. The van der Waals surface area contributed by atoms with Crippen molar-refractivity contribution >= 4 is 0 Å². The third-order valence-electron chi connectivity index (χ3n) is 2.85. The number of nitrogens with one attached hydrogen (secondary N) is 1. The number of rotatable bonds is 4. The molecule has 1 aromatic heterocycles.